The average Bonchev–Trinajstić information content (AvgIpc) is 2.40. The molecule has 0 radical (unpaired) electrons. The summed E-state index contributed by atoms with van der Waals surface area (Å²) in [5.41, 5.74) is -0.697. The molecule has 1 unspecified atom stereocenters. The molecule has 20 heavy (non-hydrogen) atoms. The molecule has 0 aromatic heterocycles. The number of carbonyl (C=O) groups is 2. The normalized spacial score (nSPS) is 23.1. The van der Waals surface area contributed by atoms with E-state index >= 15 is 0 Å². The number of aliphatic hydroxyl groups is 1. The van der Waals surface area contributed by atoms with E-state index in [-0.39, 0.29) is 25.5 Å². The lowest BCUT2D eigenvalue weighted by Gasteiger charge is -2.45. The minimum atomic E-state index is -1.32. The van der Waals surface area contributed by atoms with Crippen LogP contribution in [-0.4, -0.2) is 60.3 Å². The van der Waals surface area contributed by atoms with E-state index in [2.05, 4.69) is 18.5 Å². The first-order valence-corrected chi connectivity index (χ1v) is 6.47. The molecule has 2 N–H and O–H groups in total. The van der Waals surface area contributed by atoms with E-state index in [9.17, 15) is 9.59 Å². The van der Waals surface area contributed by atoms with E-state index in [1.807, 2.05) is 0 Å². The summed E-state index contributed by atoms with van der Waals surface area (Å²) in [6, 6.07) is 0. The summed E-state index contributed by atoms with van der Waals surface area (Å²) in [6.07, 6.45) is 0. The smallest absolute Gasteiger partial charge is 0.248 e. The Balaban J connectivity index is 3.15. The fraction of sp³-hybridized carbons (Fsp3) is 0.571. The second kappa shape index (κ2) is 6.78. The van der Waals surface area contributed by atoms with Crippen LogP contribution < -0.4 is 5.32 Å². The fourth-order valence-corrected chi connectivity index (χ4v) is 2.13. The molecule has 6 heteroatoms. The largest absolute Gasteiger partial charge is 0.395 e. The Bertz CT molecular complexity index is 431. The number of nitrogens with zero attached hydrogens (tertiary/aromatic N) is 1. The fourth-order valence-electron chi connectivity index (χ4n) is 2.13. The van der Waals surface area contributed by atoms with Gasteiger partial charge in [-0.3, -0.25) is 14.5 Å². The van der Waals surface area contributed by atoms with Crippen molar-refractivity contribution < 1.29 is 19.4 Å². The minimum absolute atomic E-state index is 0.0255. The van der Waals surface area contributed by atoms with Gasteiger partial charge in [0.2, 0.25) is 11.7 Å². The zero-order valence-corrected chi connectivity index (χ0v) is 12.1. The molecule has 6 nitrogen and oxygen atoms in total. The predicted molar refractivity (Wildman–Crippen MR) is 75.0 cm³/mol. The first kappa shape index (κ1) is 16.6. The Morgan fingerprint density at radius 3 is 2.50 bits per heavy atom. The third kappa shape index (κ3) is 3.33. The third-order valence-corrected chi connectivity index (χ3v) is 3.20. The van der Waals surface area contributed by atoms with Crippen LogP contribution in [0.3, 0.4) is 0 Å². The van der Waals surface area contributed by atoms with Gasteiger partial charge in [0.25, 0.3) is 0 Å². The molecule has 1 saturated heterocycles. The second-order valence-corrected chi connectivity index (χ2v) is 4.97. The Labute approximate surface area is 119 Å². The summed E-state index contributed by atoms with van der Waals surface area (Å²) < 4.78 is 5.38. The molecule has 1 amide bonds. The van der Waals surface area contributed by atoms with Gasteiger partial charge in [0.15, 0.2) is 5.66 Å². The molecule has 1 aliphatic rings. The van der Waals surface area contributed by atoms with Crippen LogP contribution in [0.2, 0.25) is 0 Å². The van der Waals surface area contributed by atoms with Gasteiger partial charge in [0.05, 0.1) is 19.8 Å². The summed E-state index contributed by atoms with van der Waals surface area (Å²) in [5, 5.41) is 11.9. The lowest BCUT2D eigenvalue weighted by Crippen LogP contribution is -2.71. The highest BCUT2D eigenvalue weighted by Crippen LogP contribution is 2.22. The highest BCUT2D eigenvalue weighted by atomic mass is 16.5. The van der Waals surface area contributed by atoms with Crippen molar-refractivity contribution in [2.75, 3.05) is 32.9 Å². The maximum absolute atomic E-state index is 12.5. The van der Waals surface area contributed by atoms with Crippen molar-refractivity contribution in [3.05, 3.63) is 24.3 Å². The number of nitrogens with one attached hydrogen (secondary N) is 1. The van der Waals surface area contributed by atoms with E-state index in [4.69, 9.17) is 9.84 Å². The van der Waals surface area contributed by atoms with Crippen LogP contribution in [-0.2, 0) is 14.3 Å². The van der Waals surface area contributed by atoms with Gasteiger partial charge in [-0.15, -0.1) is 0 Å². The summed E-state index contributed by atoms with van der Waals surface area (Å²) in [6.45, 7) is 11.4. The molecule has 1 heterocycles. The number of amides is 1. The molecule has 0 aliphatic carbocycles. The minimum Gasteiger partial charge on any atom is -0.395 e. The van der Waals surface area contributed by atoms with Crippen LogP contribution in [0.25, 0.3) is 0 Å². The molecular weight excluding hydrogens is 260 g/mol. The van der Waals surface area contributed by atoms with Gasteiger partial charge < -0.3 is 15.2 Å². The van der Waals surface area contributed by atoms with E-state index in [1.54, 1.807) is 18.7 Å². The van der Waals surface area contributed by atoms with Crippen molar-refractivity contribution in [2.24, 2.45) is 0 Å². The number of hydrogen-bond donors (Lipinski definition) is 2. The van der Waals surface area contributed by atoms with Crippen LogP contribution >= 0.6 is 0 Å². The molecule has 112 valence electrons. The molecule has 0 bridgehead atoms. The van der Waals surface area contributed by atoms with Gasteiger partial charge in [-0.1, -0.05) is 13.2 Å². The standard InChI is InChI=1S/C14H22N2O4/c1-10(2)12(18)14(15-13(19)11(3)4)9-20-8-6-16(14)5-7-17/h17H,1,3,5-9H2,2,4H3,(H,15,19). The van der Waals surface area contributed by atoms with Crippen LogP contribution in [0, 0.1) is 0 Å². The number of morpholine rings is 1. The highest BCUT2D eigenvalue weighted by molar-refractivity contribution is 6.05. The van der Waals surface area contributed by atoms with Crippen molar-refractivity contribution in [3.8, 4) is 0 Å². The number of Topliss-reactive ketones (excluding diaryl/α,β-unsaturated/α-hetero) is 1. The predicted octanol–water partition coefficient (Wildman–Crippen LogP) is -0.155. The zero-order valence-electron chi connectivity index (χ0n) is 12.1. The Morgan fingerprint density at radius 1 is 1.35 bits per heavy atom. The molecule has 1 fully saturated rings. The molecular formula is C14H22N2O4. The van der Waals surface area contributed by atoms with E-state index < -0.39 is 11.6 Å². The summed E-state index contributed by atoms with van der Waals surface area (Å²) >= 11 is 0. The molecule has 0 aromatic carbocycles. The van der Waals surface area contributed by atoms with Crippen molar-refractivity contribution in [1.82, 2.24) is 10.2 Å². The number of carbonyl (C=O) groups excluding carboxylic acids is 2. The SMILES string of the molecule is C=C(C)C(=O)NC1(C(=O)C(=C)C)COCCN1CCO. The molecule has 0 saturated carbocycles. The van der Waals surface area contributed by atoms with Gasteiger partial charge in [0, 0.05) is 18.7 Å². The van der Waals surface area contributed by atoms with Gasteiger partial charge >= 0.3 is 0 Å². The zero-order chi connectivity index (χ0) is 15.3. The van der Waals surface area contributed by atoms with Crippen LogP contribution in [0.1, 0.15) is 13.8 Å². The van der Waals surface area contributed by atoms with Crippen LogP contribution in [0.4, 0.5) is 0 Å². The van der Waals surface area contributed by atoms with Gasteiger partial charge in [-0.2, -0.15) is 0 Å². The van der Waals surface area contributed by atoms with Crippen molar-refractivity contribution >= 4 is 11.7 Å². The summed E-state index contributed by atoms with van der Waals surface area (Å²) in [5.74, 6) is -0.742. The quantitative estimate of drug-likeness (QED) is 0.662. The topological polar surface area (TPSA) is 78.9 Å². The second-order valence-electron chi connectivity index (χ2n) is 4.97. The lowest BCUT2D eigenvalue weighted by molar-refractivity contribution is -0.151. The summed E-state index contributed by atoms with van der Waals surface area (Å²) in [7, 11) is 0. The van der Waals surface area contributed by atoms with E-state index in [0.717, 1.165) is 0 Å². The van der Waals surface area contributed by atoms with Crippen molar-refractivity contribution in [1.29, 1.82) is 0 Å². The third-order valence-electron chi connectivity index (χ3n) is 3.20. The van der Waals surface area contributed by atoms with Gasteiger partial charge in [-0.25, -0.2) is 0 Å². The van der Waals surface area contributed by atoms with E-state index in [0.29, 0.717) is 24.3 Å². The maximum Gasteiger partial charge on any atom is 0.248 e. The number of ketones is 1. The first-order valence-electron chi connectivity index (χ1n) is 6.47. The number of aliphatic hydroxyl groups excluding tert-OH is 1. The number of β-amino-alcohol motifs (C(OH)–C–C–N with tert-alkyl or cyclic N) is 1. The Hall–Kier alpha value is -1.50. The maximum atomic E-state index is 12.5. The number of rotatable bonds is 6. The van der Waals surface area contributed by atoms with Crippen LogP contribution in [0.15, 0.2) is 24.3 Å². The number of ether oxygens (including phenoxy) is 1. The summed E-state index contributed by atoms with van der Waals surface area (Å²) in [4.78, 5) is 26.2. The Morgan fingerprint density at radius 2 is 2.00 bits per heavy atom. The highest BCUT2D eigenvalue weighted by Gasteiger charge is 2.47. The van der Waals surface area contributed by atoms with Crippen LogP contribution in [0.5, 0.6) is 0 Å². The lowest BCUT2D eigenvalue weighted by atomic mass is 9.96. The number of hydrogen-bond acceptors (Lipinski definition) is 5. The van der Waals surface area contributed by atoms with Crippen molar-refractivity contribution in [3.63, 3.8) is 0 Å². The Kier molecular flexibility index (Phi) is 5.62. The molecule has 1 rings (SSSR count). The molecule has 1 atom stereocenters. The molecule has 1 aliphatic heterocycles. The van der Waals surface area contributed by atoms with Gasteiger partial charge in [0.1, 0.15) is 0 Å². The molecule has 0 spiro atoms. The van der Waals surface area contributed by atoms with Gasteiger partial charge in [-0.05, 0) is 19.4 Å². The average molecular weight is 282 g/mol. The molecule has 0 aromatic rings. The first-order chi connectivity index (χ1) is 9.35. The van der Waals surface area contributed by atoms with Crippen molar-refractivity contribution in [2.45, 2.75) is 19.5 Å². The monoisotopic (exact) mass is 282 g/mol. The van der Waals surface area contributed by atoms with E-state index in [1.165, 1.54) is 0 Å².